The van der Waals surface area contributed by atoms with E-state index in [-0.39, 0.29) is 18.1 Å². The maximum Gasteiger partial charge on any atom is 0.255 e. The summed E-state index contributed by atoms with van der Waals surface area (Å²) in [5.41, 5.74) is 4.31. The molecule has 2 aliphatic heterocycles. The van der Waals surface area contributed by atoms with E-state index in [1.165, 1.54) is 16.5 Å². The van der Waals surface area contributed by atoms with Gasteiger partial charge in [-0.1, -0.05) is 36.4 Å². The van der Waals surface area contributed by atoms with E-state index in [0.717, 1.165) is 30.6 Å². The molecule has 0 radical (unpaired) electrons. The van der Waals surface area contributed by atoms with Gasteiger partial charge in [0.1, 0.15) is 0 Å². The van der Waals surface area contributed by atoms with Crippen LogP contribution in [-0.4, -0.2) is 34.6 Å². The second kappa shape index (κ2) is 5.99. The smallest absolute Gasteiger partial charge is 0.255 e. The summed E-state index contributed by atoms with van der Waals surface area (Å²) in [6.07, 6.45) is 4.43. The van der Waals surface area contributed by atoms with E-state index in [9.17, 15) is 4.79 Å². The van der Waals surface area contributed by atoms with E-state index >= 15 is 0 Å². The molecule has 4 nitrogen and oxygen atoms in total. The molecular weight excluding hydrogens is 324 g/mol. The first-order valence-corrected chi connectivity index (χ1v) is 9.29. The summed E-state index contributed by atoms with van der Waals surface area (Å²) in [4.78, 5) is 15.2. The molecule has 1 saturated heterocycles. The number of benzene rings is 2. The molecule has 0 spiro atoms. The van der Waals surface area contributed by atoms with Crippen molar-refractivity contribution < 1.29 is 9.53 Å². The van der Waals surface area contributed by atoms with Crippen molar-refractivity contribution in [2.75, 3.05) is 13.2 Å². The Hall–Kier alpha value is -2.59. The molecule has 3 heterocycles. The molecule has 132 valence electrons. The van der Waals surface area contributed by atoms with Gasteiger partial charge in [0, 0.05) is 48.4 Å². The average Bonchev–Trinajstić information content (AvgIpc) is 3.36. The molecule has 0 saturated carbocycles. The molecule has 0 bridgehead atoms. The van der Waals surface area contributed by atoms with Crippen LogP contribution in [0.3, 0.4) is 0 Å². The molecule has 0 N–H and O–H groups in total. The van der Waals surface area contributed by atoms with Gasteiger partial charge in [0.15, 0.2) is 0 Å². The van der Waals surface area contributed by atoms with Gasteiger partial charge in [0.05, 0.1) is 12.1 Å². The Bertz CT molecular complexity index is 985. The van der Waals surface area contributed by atoms with Crippen LogP contribution in [0.1, 0.15) is 40.4 Å². The molecule has 4 heteroatoms. The van der Waals surface area contributed by atoms with Crippen LogP contribution in [0, 0.1) is 0 Å². The lowest BCUT2D eigenvalue weighted by molar-refractivity contribution is 0.0500. The molecule has 5 rings (SSSR count). The lowest BCUT2D eigenvalue weighted by atomic mass is 9.97. The molecule has 26 heavy (non-hydrogen) atoms. The highest BCUT2D eigenvalue weighted by atomic mass is 16.5. The van der Waals surface area contributed by atoms with Crippen LogP contribution in [0.25, 0.3) is 10.9 Å². The predicted octanol–water partition coefficient (Wildman–Crippen LogP) is 3.90. The zero-order chi connectivity index (χ0) is 17.7. The van der Waals surface area contributed by atoms with Gasteiger partial charge < -0.3 is 14.2 Å². The Morgan fingerprint density at radius 3 is 2.73 bits per heavy atom. The van der Waals surface area contributed by atoms with E-state index in [1.54, 1.807) is 0 Å². The molecule has 0 aliphatic carbocycles. The van der Waals surface area contributed by atoms with Crippen molar-refractivity contribution in [2.45, 2.75) is 25.0 Å². The van der Waals surface area contributed by atoms with Crippen LogP contribution in [0.15, 0.2) is 54.7 Å². The standard InChI is InChI=1S/C22H22N2O2/c1-23-14-19(16-8-4-5-11-20(16)23)21-17-9-2-3-10-18(17)22(25)24(21)13-15-7-6-12-26-15/h2-5,8-11,14-15,21H,6-7,12-13H2,1H3/t15-,21-/m0/s1. The van der Waals surface area contributed by atoms with Crippen molar-refractivity contribution in [3.05, 3.63) is 71.4 Å². The zero-order valence-corrected chi connectivity index (χ0v) is 14.9. The Morgan fingerprint density at radius 2 is 1.88 bits per heavy atom. The molecule has 2 atom stereocenters. The number of aromatic nitrogens is 1. The normalized spacial score (nSPS) is 22.3. The Balaban J connectivity index is 1.66. The quantitative estimate of drug-likeness (QED) is 0.721. The number of amides is 1. The van der Waals surface area contributed by atoms with Gasteiger partial charge in [-0.05, 0) is 30.5 Å². The maximum atomic E-state index is 13.2. The van der Waals surface area contributed by atoms with E-state index < -0.39 is 0 Å². The predicted molar refractivity (Wildman–Crippen MR) is 101 cm³/mol. The molecule has 3 aromatic rings. The van der Waals surface area contributed by atoms with Gasteiger partial charge in [-0.15, -0.1) is 0 Å². The first kappa shape index (κ1) is 15.6. The second-order valence-corrected chi connectivity index (χ2v) is 7.29. The van der Waals surface area contributed by atoms with Crippen molar-refractivity contribution in [3.8, 4) is 0 Å². The minimum Gasteiger partial charge on any atom is -0.376 e. The van der Waals surface area contributed by atoms with E-state index in [2.05, 4.69) is 48.1 Å². The van der Waals surface area contributed by atoms with Crippen LogP contribution in [0.2, 0.25) is 0 Å². The number of carbonyl (C=O) groups excluding carboxylic acids is 1. The molecule has 0 unspecified atom stereocenters. The lowest BCUT2D eigenvalue weighted by Gasteiger charge is -2.27. The summed E-state index contributed by atoms with van der Waals surface area (Å²) in [7, 11) is 2.07. The van der Waals surface area contributed by atoms with Gasteiger partial charge in [-0.25, -0.2) is 0 Å². The first-order chi connectivity index (χ1) is 12.7. The van der Waals surface area contributed by atoms with Crippen molar-refractivity contribution in [1.29, 1.82) is 0 Å². The topological polar surface area (TPSA) is 34.5 Å². The SMILES string of the molecule is Cn1cc([C@@H]2c3ccccc3C(=O)N2C[C@@H]2CCCO2)c2ccccc21. The van der Waals surface area contributed by atoms with Crippen molar-refractivity contribution in [3.63, 3.8) is 0 Å². The summed E-state index contributed by atoms with van der Waals surface area (Å²) in [5, 5.41) is 1.21. The fourth-order valence-electron chi connectivity index (χ4n) is 4.49. The fraction of sp³-hybridized carbons (Fsp3) is 0.318. The molecule has 2 aliphatic rings. The molecule has 1 aromatic heterocycles. The number of hydrogen-bond acceptors (Lipinski definition) is 2. The summed E-state index contributed by atoms with van der Waals surface area (Å²) in [5.74, 6) is 0.119. The van der Waals surface area contributed by atoms with Crippen molar-refractivity contribution in [2.24, 2.45) is 7.05 Å². The minimum absolute atomic E-state index is 0.0472. The number of aryl methyl sites for hydroxylation is 1. The molecule has 1 amide bonds. The lowest BCUT2D eigenvalue weighted by Crippen LogP contribution is -2.35. The molecule has 2 aromatic carbocycles. The van der Waals surface area contributed by atoms with E-state index in [1.807, 2.05) is 23.1 Å². The third-order valence-corrected chi connectivity index (χ3v) is 5.71. The Kier molecular flexibility index (Phi) is 3.61. The Morgan fingerprint density at radius 1 is 1.08 bits per heavy atom. The number of para-hydroxylation sites is 1. The summed E-state index contributed by atoms with van der Waals surface area (Å²) in [6, 6.07) is 16.4. The number of fused-ring (bicyclic) bond motifs is 2. The fourth-order valence-corrected chi connectivity index (χ4v) is 4.49. The highest BCUT2D eigenvalue weighted by Gasteiger charge is 2.40. The van der Waals surface area contributed by atoms with Crippen LogP contribution in [-0.2, 0) is 11.8 Å². The van der Waals surface area contributed by atoms with Crippen LogP contribution in [0.5, 0.6) is 0 Å². The van der Waals surface area contributed by atoms with E-state index in [4.69, 9.17) is 4.74 Å². The first-order valence-electron chi connectivity index (χ1n) is 9.29. The highest BCUT2D eigenvalue weighted by Crippen LogP contribution is 2.42. The van der Waals surface area contributed by atoms with E-state index in [0.29, 0.717) is 6.54 Å². The molecular formula is C22H22N2O2. The van der Waals surface area contributed by atoms with Crippen LogP contribution >= 0.6 is 0 Å². The molecule has 1 fully saturated rings. The van der Waals surface area contributed by atoms with Gasteiger partial charge in [-0.3, -0.25) is 4.79 Å². The summed E-state index contributed by atoms with van der Waals surface area (Å²) < 4.78 is 7.99. The van der Waals surface area contributed by atoms with Gasteiger partial charge in [-0.2, -0.15) is 0 Å². The van der Waals surface area contributed by atoms with Gasteiger partial charge in [0.25, 0.3) is 5.91 Å². The number of rotatable bonds is 3. The Labute approximate surface area is 153 Å². The number of carbonyl (C=O) groups is 1. The average molecular weight is 346 g/mol. The third-order valence-electron chi connectivity index (χ3n) is 5.71. The summed E-state index contributed by atoms with van der Waals surface area (Å²) >= 11 is 0. The monoisotopic (exact) mass is 346 g/mol. The van der Waals surface area contributed by atoms with Gasteiger partial charge in [0.2, 0.25) is 0 Å². The number of ether oxygens (including phenoxy) is 1. The van der Waals surface area contributed by atoms with Crippen LogP contribution in [0.4, 0.5) is 0 Å². The van der Waals surface area contributed by atoms with Crippen molar-refractivity contribution in [1.82, 2.24) is 9.47 Å². The van der Waals surface area contributed by atoms with Crippen LogP contribution < -0.4 is 0 Å². The third kappa shape index (κ3) is 2.29. The zero-order valence-electron chi connectivity index (χ0n) is 14.9. The van der Waals surface area contributed by atoms with Gasteiger partial charge >= 0.3 is 0 Å². The largest absolute Gasteiger partial charge is 0.376 e. The van der Waals surface area contributed by atoms with Crippen molar-refractivity contribution >= 4 is 16.8 Å². The second-order valence-electron chi connectivity index (χ2n) is 7.29. The maximum absolute atomic E-state index is 13.2. The highest BCUT2D eigenvalue weighted by molar-refractivity contribution is 6.00. The summed E-state index contributed by atoms with van der Waals surface area (Å²) in [6.45, 7) is 1.46. The number of hydrogen-bond donors (Lipinski definition) is 0. The minimum atomic E-state index is -0.0472. The number of nitrogens with zero attached hydrogens (tertiary/aromatic N) is 2.